The number of rotatable bonds is 22. The van der Waals surface area contributed by atoms with Crippen molar-refractivity contribution in [3.63, 3.8) is 0 Å². The molecular formula is C49H76N4O10SSi3. The Kier molecular flexibility index (Phi) is 17.8. The Bertz CT molecular complexity index is 2450. The first-order valence-electron chi connectivity index (χ1n) is 24.0. The van der Waals surface area contributed by atoms with E-state index in [-0.39, 0.29) is 73.5 Å². The standard InChI is InChI=1S/C49H76N4O10SSi3/c1-13-22-60-48(56)53-36(20-21-37(53)32-63-67(11,12)49(2,3)4)30-52-46(54)39-18-16-17-38(45(39)64-52)43-47(55)51(33-57-24-26-65(5,6)7)40-28-35(31-61-42-19-14-15-23-59-42)29-41(44(40)50-43)62-34-58-25-27-66(8,9)10/h13,16-18,28-29,36-37,42H,1,14-15,19-27,30-34H2,2-12H3. The van der Waals surface area contributed by atoms with Crippen LogP contribution in [0.5, 0.6) is 5.75 Å². The second-order valence-corrected chi connectivity index (χ2v) is 39.0. The van der Waals surface area contributed by atoms with Gasteiger partial charge in [0.15, 0.2) is 27.1 Å². The second-order valence-electron chi connectivity index (χ2n) is 22.0. The summed E-state index contributed by atoms with van der Waals surface area (Å²) < 4.78 is 47.0. The lowest BCUT2D eigenvalue weighted by atomic mass is 10.1. The van der Waals surface area contributed by atoms with Crippen LogP contribution in [0.1, 0.15) is 58.4 Å². The summed E-state index contributed by atoms with van der Waals surface area (Å²) in [6.07, 6.45) is 5.04. The lowest BCUT2D eigenvalue weighted by molar-refractivity contribution is -0.168. The van der Waals surface area contributed by atoms with Gasteiger partial charge >= 0.3 is 6.09 Å². The molecule has 2 aliphatic heterocycles. The smallest absolute Gasteiger partial charge is 0.410 e. The first-order valence-corrected chi connectivity index (χ1v) is 35.1. The lowest BCUT2D eigenvalue weighted by Crippen LogP contribution is -2.49. The predicted molar refractivity (Wildman–Crippen MR) is 277 cm³/mol. The molecule has 2 fully saturated rings. The molecule has 2 saturated heterocycles. The summed E-state index contributed by atoms with van der Waals surface area (Å²) in [6.45, 7) is 31.2. The zero-order valence-electron chi connectivity index (χ0n) is 42.0. The van der Waals surface area contributed by atoms with Gasteiger partial charge in [-0.2, -0.15) is 0 Å². The van der Waals surface area contributed by atoms with Crippen molar-refractivity contribution in [1.82, 2.24) is 18.4 Å². The van der Waals surface area contributed by atoms with Crippen LogP contribution in [0.4, 0.5) is 4.79 Å². The SMILES string of the molecule is C=CCOC(=O)N1C(CO[Si](C)(C)C(C)(C)C)CCC1Cn1sc2c(-c3nc4c(OCOCC[Si](C)(C)C)cc(COC5CCCCO5)cc4n(COCC[Si](C)(C)C)c3=O)cccc2c1=O. The van der Waals surface area contributed by atoms with Crippen molar-refractivity contribution in [1.29, 1.82) is 0 Å². The summed E-state index contributed by atoms with van der Waals surface area (Å²) in [5, 5.41) is 0.464. The van der Waals surface area contributed by atoms with Crippen LogP contribution in [-0.2, 0) is 48.0 Å². The molecule has 0 saturated carbocycles. The fourth-order valence-corrected chi connectivity index (χ4v) is 11.6. The summed E-state index contributed by atoms with van der Waals surface area (Å²) in [6, 6.07) is 10.6. The van der Waals surface area contributed by atoms with E-state index in [2.05, 4.69) is 79.7 Å². The van der Waals surface area contributed by atoms with E-state index < -0.39 is 30.6 Å². The Hall–Kier alpha value is -3.47. The predicted octanol–water partition coefficient (Wildman–Crippen LogP) is 10.7. The highest BCUT2D eigenvalue weighted by molar-refractivity contribution is 7.14. The number of carbonyl (C=O) groups is 1. The van der Waals surface area contributed by atoms with Crippen LogP contribution in [0.15, 0.2) is 52.6 Å². The Morgan fingerprint density at radius 1 is 0.940 bits per heavy atom. The molecule has 18 heteroatoms. The van der Waals surface area contributed by atoms with E-state index in [9.17, 15) is 9.59 Å². The number of benzene rings is 2. The summed E-state index contributed by atoms with van der Waals surface area (Å²) in [7, 11) is -4.91. The van der Waals surface area contributed by atoms with E-state index in [1.807, 2.05) is 18.2 Å². The molecular weight excluding hydrogens is 921 g/mol. The summed E-state index contributed by atoms with van der Waals surface area (Å²) in [5.41, 5.74) is 1.93. The average Bonchev–Trinajstić information content (AvgIpc) is 3.81. The van der Waals surface area contributed by atoms with Gasteiger partial charge in [-0.3, -0.25) is 23.0 Å². The minimum atomic E-state index is -2.12. The van der Waals surface area contributed by atoms with Crippen LogP contribution < -0.4 is 15.9 Å². The van der Waals surface area contributed by atoms with Crippen LogP contribution in [0.3, 0.4) is 0 Å². The van der Waals surface area contributed by atoms with Crippen molar-refractivity contribution in [2.24, 2.45) is 0 Å². The van der Waals surface area contributed by atoms with Crippen molar-refractivity contribution in [3.05, 3.63) is 69.3 Å². The molecule has 6 rings (SSSR count). The highest BCUT2D eigenvalue weighted by Gasteiger charge is 2.42. The quantitative estimate of drug-likeness (QED) is 0.0321. The summed E-state index contributed by atoms with van der Waals surface area (Å²) in [5.74, 6) is 0.445. The Morgan fingerprint density at radius 3 is 2.33 bits per heavy atom. The Balaban J connectivity index is 1.40. The molecule has 0 N–H and O–H groups in total. The third-order valence-electron chi connectivity index (χ3n) is 13.1. The van der Waals surface area contributed by atoms with E-state index in [1.165, 1.54) is 11.5 Å². The molecule has 4 heterocycles. The van der Waals surface area contributed by atoms with E-state index >= 15 is 4.79 Å². The minimum absolute atomic E-state index is 0.00110. The maximum Gasteiger partial charge on any atom is 0.410 e. The molecule has 4 aromatic rings. The summed E-state index contributed by atoms with van der Waals surface area (Å²) >= 11 is 1.27. The van der Waals surface area contributed by atoms with Crippen LogP contribution in [0.25, 0.3) is 32.4 Å². The minimum Gasteiger partial charge on any atom is -0.465 e. The number of aromatic nitrogens is 3. The number of nitrogens with zero attached hydrogens (tertiary/aromatic N) is 4. The van der Waals surface area contributed by atoms with E-state index in [0.717, 1.165) is 36.9 Å². The second kappa shape index (κ2) is 22.5. The highest BCUT2D eigenvalue weighted by atomic mass is 32.1. The molecule has 2 aromatic heterocycles. The van der Waals surface area contributed by atoms with Gasteiger partial charge in [-0.25, -0.2) is 9.78 Å². The molecule has 1 amide bonds. The maximum absolute atomic E-state index is 15.0. The topological polar surface area (TPSA) is 142 Å². The fourth-order valence-electron chi connectivity index (χ4n) is 7.88. The average molecular weight is 997 g/mol. The van der Waals surface area contributed by atoms with Crippen molar-refractivity contribution >= 4 is 63.2 Å². The largest absolute Gasteiger partial charge is 0.465 e. The first kappa shape index (κ1) is 52.9. The number of hydrogen-bond donors (Lipinski definition) is 0. The van der Waals surface area contributed by atoms with Crippen LogP contribution in [0.2, 0.25) is 69.5 Å². The molecule has 0 bridgehead atoms. The van der Waals surface area contributed by atoms with Crippen molar-refractivity contribution in [3.8, 4) is 17.0 Å². The molecule has 2 aliphatic rings. The lowest BCUT2D eigenvalue weighted by Gasteiger charge is -2.38. The first-order chi connectivity index (χ1) is 31.6. The molecule has 67 heavy (non-hydrogen) atoms. The van der Waals surface area contributed by atoms with Gasteiger partial charge in [0.1, 0.15) is 24.5 Å². The molecule has 0 spiro atoms. The fraction of sp³-hybridized carbons (Fsp3) is 0.633. The number of fused-ring (bicyclic) bond motifs is 2. The monoisotopic (exact) mass is 996 g/mol. The zero-order valence-corrected chi connectivity index (χ0v) is 45.8. The van der Waals surface area contributed by atoms with E-state index in [1.54, 1.807) is 31.6 Å². The van der Waals surface area contributed by atoms with Gasteiger partial charge in [-0.1, -0.05) is 96.4 Å². The number of likely N-dealkylation sites (tertiary alicyclic amines) is 1. The van der Waals surface area contributed by atoms with Gasteiger partial charge < -0.3 is 32.8 Å². The number of carbonyl (C=O) groups excluding carboxylic acids is 1. The van der Waals surface area contributed by atoms with Gasteiger partial charge in [-0.05, 0) is 86.1 Å². The van der Waals surface area contributed by atoms with Crippen LogP contribution >= 0.6 is 11.5 Å². The molecule has 0 radical (unpaired) electrons. The van der Waals surface area contributed by atoms with Crippen molar-refractivity contribution in [2.75, 3.05) is 39.8 Å². The molecule has 3 unspecified atom stereocenters. The summed E-state index contributed by atoms with van der Waals surface area (Å²) in [4.78, 5) is 49.9. The van der Waals surface area contributed by atoms with Gasteiger partial charge in [0.2, 0.25) is 0 Å². The number of hydrogen-bond acceptors (Lipinski definition) is 12. The van der Waals surface area contributed by atoms with Gasteiger partial charge in [0.25, 0.3) is 11.1 Å². The van der Waals surface area contributed by atoms with E-state index in [0.29, 0.717) is 71.7 Å². The van der Waals surface area contributed by atoms with Gasteiger partial charge in [0.05, 0.1) is 47.4 Å². The van der Waals surface area contributed by atoms with Crippen molar-refractivity contribution in [2.45, 2.75) is 161 Å². The third-order valence-corrected chi connectivity index (χ3v) is 22.1. The Labute approximate surface area is 404 Å². The number of ether oxygens (including phenoxy) is 6. The van der Waals surface area contributed by atoms with Gasteiger partial charge in [-0.15, -0.1) is 0 Å². The molecule has 2 aromatic carbocycles. The molecule has 0 aliphatic carbocycles. The number of amides is 1. The normalized spacial score (nSPS) is 18.6. The maximum atomic E-state index is 15.0. The van der Waals surface area contributed by atoms with Crippen LogP contribution in [-0.4, -0.2) is 107 Å². The van der Waals surface area contributed by atoms with Crippen LogP contribution in [0, 0.1) is 0 Å². The third kappa shape index (κ3) is 13.9. The Morgan fingerprint density at radius 2 is 1.66 bits per heavy atom. The zero-order chi connectivity index (χ0) is 48.7. The highest BCUT2D eigenvalue weighted by Crippen LogP contribution is 2.38. The van der Waals surface area contributed by atoms with E-state index in [4.69, 9.17) is 37.8 Å². The molecule has 14 nitrogen and oxygen atoms in total. The van der Waals surface area contributed by atoms with Crippen molar-refractivity contribution < 1.29 is 37.6 Å². The van der Waals surface area contributed by atoms with Gasteiger partial charge in [0, 0.05) is 41.5 Å². The molecule has 3 atom stereocenters. The molecule has 370 valence electrons.